The lowest BCUT2D eigenvalue weighted by molar-refractivity contribution is -0.290. The van der Waals surface area contributed by atoms with Crippen molar-refractivity contribution in [1.82, 2.24) is 0 Å². The van der Waals surface area contributed by atoms with Gasteiger partial charge in [-0.15, -0.1) is 0 Å². The van der Waals surface area contributed by atoms with Crippen molar-refractivity contribution in [3.63, 3.8) is 0 Å². The molecule has 3 saturated carbocycles. The maximum atomic E-state index is 10.6. The Hall–Kier alpha value is -0.460. The number of aliphatic hydroxyl groups excluding tert-OH is 3. The summed E-state index contributed by atoms with van der Waals surface area (Å²) in [5, 5.41) is 31.4. The maximum absolute atomic E-state index is 10.6. The molecular weight excluding hydrogens is 404 g/mol. The van der Waals surface area contributed by atoms with Crippen molar-refractivity contribution in [1.29, 1.82) is 0 Å². The Bertz CT molecular complexity index is 812. The van der Waals surface area contributed by atoms with Crippen LogP contribution in [0, 0.1) is 46.3 Å². The molecule has 0 aromatic heterocycles. The van der Waals surface area contributed by atoms with E-state index in [1.165, 1.54) is 18.4 Å². The molecular formula is C27H42O5. The fourth-order valence-corrected chi connectivity index (χ4v) is 9.70. The van der Waals surface area contributed by atoms with Gasteiger partial charge in [-0.25, -0.2) is 0 Å². The van der Waals surface area contributed by atoms with Crippen LogP contribution in [0.2, 0.25) is 0 Å². The van der Waals surface area contributed by atoms with Gasteiger partial charge in [0.15, 0.2) is 5.79 Å². The van der Waals surface area contributed by atoms with Gasteiger partial charge in [0.05, 0.1) is 31.0 Å². The first-order chi connectivity index (χ1) is 15.1. The monoisotopic (exact) mass is 446 g/mol. The van der Waals surface area contributed by atoms with Crippen LogP contribution in [0.15, 0.2) is 11.6 Å². The lowest BCUT2D eigenvalue weighted by Crippen LogP contribution is -2.55. The minimum Gasteiger partial charge on any atom is -0.393 e. The zero-order valence-corrected chi connectivity index (χ0v) is 20.2. The van der Waals surface area contributed by atoms with E-state index in [1.54, 1.807) is 0 Å². The van der Waals surface area contributed by atoms with Crippen LogP contribution in [0.3, 0.4) is 0 Å². The third-order valence-corrected chi connectivity index (χ3v) is 11.5. The van der Waals surface area contributed by atoms with Crippen LogP contribution in [0.25, 0.3) is 0 Å². The lowest BCUT2D eigenvalue weighted by Gasteiger charge is -2.59. The molecule has 0 amide bonds. The van der Waals surface area contributed by atoms with Crippen molar-refractivity contribution >= 4 is 0 Å². The fourth-order valence-electron chi connectivity index (χ4n) is 9.70. The Balaban J connectivity index is 1.28. The van der Waals surface area contributed by atoms with Gasteiger partial charge in [-0.1, -0.05) is 39.3 Å². The minimum atomic E-state index is -0.610. The van der Waals surface area contributed by atoms with Crippen LogP contribution in [0.4, 0.5) is 0 Å². The molecule has 0 aromatic rings. The molecule has 1 spiro atoms. The van der Waals surface area contributed by atoms with Crippen LogP contribution in [-0.2, 0) is 9.47 Å². The standard InChI is InChI=1S/C27H42O5/c1-14-13-31-27(12-21(14)29)15(2)24-23(32-27)10-19-17-6-5-16-9-20(28)22(30)11-26(16,4)18(17)7-8-25(19,24)3/h5,14-15,17-24,28-30H,6-13H2,1-4H3. The summed E-state index contributed by atoms with van der Waals surface area (Å²) < 4.78 is 13.1. The maximum Gasteiger partial charge on any atom is 0.174 e. The normalized spacial score (nSPS) is 61.5. The molecule has 0 aromatic carbocycles. The zero-order valence-electron chi connectivity index (χ0n) is 20.2. The van der Waals surface area contributed by atoms with Crippen LogP contribution in [-0.4, -0.2) is 52.1 Å². The van der Waals surface area contributed by atoms with Crippen LogP contribution in [0.1, 0.15) is 72.6 Å². The Morgan fingerprint density at radius 1 is 1.00 bits per heavy atom. The van der Waals surface area contributed by atoms with E-state index < -0.39 is 18.0 Å². The average molecular weight is 447 g/mol. The van der Waals surface area contributed by atoms with Gasteiger partial charge < -0.3 is 24.8 Å². The van der Waals surface area contributed by atoms with E-state index in [2.05, 4.69) is 33.8 Å². The average Bonchev–Trinajstić information content (AvgIpc) is 3.17. The molecule has 6 rings (SSSR count). The summed E-state index contributed by atoms with van der Waals surface area (Å²) in [6.07, 6.45) is 7.59. The first-order valence-electron chi connectivity index (χ1n) is 13.1. The highest BCUT2D eigenvalue weighted by Gasteiger charge is 2.69. The second-order valence-electron chi connectivity index (χ2n) is 12.9. The molecule has 5 fully saturated rings. The molecule has 3 N–H and O–H groups in total. The fraction of sp³-hybridized carbons (Fsp3) is 0.926. The summed E-state index contributed by atoms with van der Waals surface area (Å²) in [6, 6.07) is 0. The first kappa shape index (κ1) is 22.0. The summed E-state index contributed by atoms with van der Waals surface area (Å²) in [5.41, 5.74) is 1.64. The summed E-state index contributed by atoms with van der Waals surface area (Å²) in [5.74, 6) is 2.16. The van der Waals surface area contributed by atoms with Crippen LogP contribution in [0.5, 0.6) is 0 Å². The highest BCUT2D eigenvalue weighted by Crippen LogP contribution is 2.70. The predicted molar refractivity (Wildman–Crippen MR) is 120 cm³/mol. The Kier molecular flexibility index (Phi) is 4.84. The molecule has 180 valence electrons. The molecule has 2 aliphatic heterocycles. The summed E-state index contributed by atoms with van der Waals surface area (Å²) in [6.45, 7) is 9.82. The molecule has 2 saturated heterocycles. The van der Waals surface area contributed by atoms with Crippen molar-refractivity contribution < 1.29 is 24.8 Å². The quantitative estimate of drug-likeness (QED) is 0.495. The molecule has 13 unspecified atom stereocenters. The molecule has 0 radical (unpaired) electrons. The van der Waals surface area contributed by atoms with Crippen molar-refractivity contribution in [2.75, 3.05) is 6.61 Å². The number of hydrogen-bond donors (Lipinski definition) is 3. The van der Waals surface area contributed by atoms with Gasteiger partial charge in [-0.3, -0.25) is 0 Å². The number of hydrogen-bond acceptors (Lipinski definition) is 5. The van der Waals surface area contributed by atoms with Gasteiger partial charge in [-0.2, -0.15) is 0 Å². The molecule has 4 aliphatic carbocycles. The predicted octanol–water partition coefficient (Wildman–Crippen LogP) is 3.66. The SMILES string of the molecule is CC1COC2(CC1O)OC1CC3C4CC=C5CC(O)C(O)CC5(C)C4CCC3(C)C1C2C. The van der Waals surface area contributed by atoms with E-state index in [4.69, 9.17) is 9.47 Å². The molecule has 5 nitrogen and oxygen atoms in total. The summed E-state index contributed by atoms with van der Waals surface area (Å²) in [4.78, 5) is 0. The van der Waals surface area contributed by atoms with Gasteiger partial charge >= 0.3 is 0 Å². The van der Waals surface area contributed by atoms with Crippen LogP contribution < -0.4 is 0 Å². The van der Waals surface area contributed by atoms with Crippen molar-refractivity contribution in [3.8, 4) is 0 Å². The van der Waals surface area contributed by atoms with Crippen LogP contribution >= 0.6 is 0 Å². The van der Waals surface area contributed by atoms with Crippen molar-refractivity contribution in [2.45, 2.75) is 103 Å². The van der Waals surface area contributed by atoms with Gasteiger partial charge in [0.1, 0.15) is 0 Å². The molecule has 2 heterocycles. The van der Waals surface area contributed by atoms with E-state index in [1.807, 2.05) is 0 Å². The molecule has 5 heteroatoms. The van der Waals surface area contributed by atoms with E-state index >= 15 is 0 Å². The highest BCUT2D eigenvalue weighted by atomic mass is 16.7. The number of ether oxygens (including phenoxy) is 2. The smallest absolute Gasteiger partial charge is 0.174 e. The highest BCUT2D eigenvalue weighted by molar-refractivity contribution is 5.27. The Morgan fingerprint density at radius 2 is 1.78 bits per heavy atom. The second-order valence-corrected chi connectivity index (χ2v) is 12.9. The van der Waals surface area contributed by atoms with E-state index in [-0.39, 0.29) is 34.9 Å². The van der Waals surface area contributed by atoms with Gasteiger partial charge in [0.25, 0.3) is 0 Å². The van der Waals surface area contributed by atoms with E-state index in [0.29, 0.717) is 49.5 Å². The number of allylic oxidation sites excluding steroid dienone is 1. The van der Waals surface area contributed by atoms with Crippen molar-refractivity contribution in [3.05, 3.63) is 11.6 Å². The third kappa shape index (κ3) is 2.75. The molecule has 6 aliphatic rings. The lowest BCUT2D eigenvalue weighted by atomic mass is 9.46. The molecule has 0 bridgehead atoms. The van der Waals surface area contributed by atoms with Gasteiger partial charge in [0, 0.05) is 18.3 Å². The first-order valence-corrected chi connectivity index (χ1v) is 13.1. The van der Waals surface area contributed by atoms with Gasteiger partial charge in [0.2, 0.25) is 0 Å². The van der Waals surface area contributed by atoms with Crippen molar-refractivity contribution in [2.24, 2.45) is 46.3 Å². The Morgan fingerprint density at radius 3 is 2.53 bits per heavy atom. The number of rotatable bonds is 0. The number of fused-ring (bicyclic) bond motifs is 7. The zero-order chi connectivity index (χ0) is 22.6. The number of aliphatic hydroxyl groups is 3. The molecule has 13 atom stereocenters. The minimum absolute atomic E-state index is 0.0149. The summed E-state index contributed by atoms with van der Waals surface area (Å²) in [7, 11) is 0. The van der Waals surface area contributed by atoms with E-state index in [0.717, 1.165) is 12.8 Å². The third-order valence-electron chi connectivity index (χ3n) is 11.5. The van der Waals surface area contributed by atoms with E-state index in [9.17, 15) is 15.3 Å². The largest absolute Gasteiger partial charge is 0.393 e. The second kappa shape index (κ2) is 7.04. The molecule has 32 heavy (non-hydrogen) atoms. The Labute approximate surface area is 192 Å². The van der Waals surface area contributed by atoms with Gasteiger partial charge in [-0.05, 0) is 73.0 Å². The topological polar surface area (TPSA) is 79.2 Å². The summed E-state index contributed by atoms with van der Waals surface area (Å²) >= 11 is 0.